The SMILES string of the molecule is C[C@@H]1CN(CCCNC(=O)c2ccnc(-n3cnnc3)c2)C[C@H](C)O1. The van der Waals surface area contributed by atoms with Gasteiger partial charge in [-0.05, 0) is 32.4 Å². The fourth-order valence-electron chi connectivity index (χ4n) is 3.09. The summed E-state index contributed by atoms with van der Waals surface area (Å²) in [5.41, 5.74) is 0.576. The van der Waals surface area contributed by atoms with Gasteiger partial charge < -0.3 is 10.1 Å². The van der Waals surface area contributed by atoms with E-state index in [-0.39, 0.29) is 18.1 Å². The summed E-state index contributed by atoms with van der Waals surface area (Å²) in [6, 6.07) is 3.43. The zero-order chi connectivity index (χ0) is 17.6. The molecule has 3 rings (SSSR count). The molecule has 2 aromatic heterocycles. The topological polar surface area (TPSA) is 85.2 Å². The quantitative estimate of drug-likeness (QED) is 0.784. The van der Waals surface area contributed by atoms with Gasteiger partial charge in [0.05, 0.1) is 12.2 Å². The van der Waals surface area contributed by atoms with Crippen LogP contribution in [0.25, 0.3) is 5.82 Å². The second kappa shape index (κ2) is 8.17. The minimum atomic E-state index is -0.0968. The number of rotatable bonds is 6. The Labute approximate surface area is 147 Å². The van der Waals surface area contributed by atoms with E-state index in [9.17, 15) is 4.79 Å². The predicted molar refractivity (Wildman–Crippen MR) is 92.6 cm³/mol. The molecule has 8 nitrogen and oxygen atoms in total. The smallest absolute Gasteiger partial charge is 0.251 e. The molecule has 0 radical (unpaired) electrons. The second-order valence-corrected chi connectivity index (χ2v) is 6.40. The fourth-order valence-corrected chi connectivity index (χ4v) is 3.09. The summed E-state index contributed by atoms with van der Waals surface area (Å²) in [4.78, 5) is 18.9. The van der Waals surface area contributed by atoms with Crippen LogP contribution in [-0.2, 0) is 4.74 Å². The highest BCUT2D eigenvalue weighted by molar-refractivity contribution is 5.94. The molecule has 3 heterocycles. The molecule has 1 aliphatic rings. The predicted octanol–water partition coefficient (Wildman–Crippen LogP) is 0.891. The van der Waals surface area contributed by atoms with Gasteiger partial charge in [0.2, 0.25) is 0 Å². The Morgan fingerprint density at radius 2 is 2.00 bits per heavy atom. The molecule has 0 bridgehead atoms. The number of morpholine rings is 1. The van der Waals surface area contributed by atoms with Crippen molar-refractivity contribution in [1.29, 1.82) is 0 Å². The fraction of sp³-hybridized carbons (Fsp3) is 0.529. The Morgan fingerprint density at radius 3 is 2.72 bits per heavy atom. The molecule has 0 unspecified atom stereocenters. The normalized spacial score (nSPS) is 21.2. The molecule has 1 saturated heterocycles. The Kier molecular flexibility index (Phi) is 5.72. The molecule has 2 aromatic rings. The maximum Gasteiger partial charge on any atom is 0.251 e. The minimum Gasteiger partial charge on any atom is -0.373 e. The highest BCUT2D eigenvalue weighted by Gasteiger charge is 2.21. The molecule has 1 fully saturated rings. The van der Waals surface area contributed by atoms with Gasteiger partial charge in [-0.1, -0.05) is 0 Å². The number of carbonyl (C=O) groups excluding carboxylic acids is 1. The second-order valence-electron chi connectivity index (χ2n) is 6.40. The number of pyridine rings is 1. The maximum absolute atomic E-state index is 12.3. The highest BCUT2D eigenvalue weighted by Crippen LogP contribution is 2.10. The van der Waals surface area contributed by atoms with Crippen molar-refractivity contribution in [2.45, 2.75) is 32.5 Å². The molecular formula is C17H24N6O2. The van der Waals surface area contributed by atoms with Crippen molar-refractivity contribution >= 4 is 5.91 Å². The van der Waals surface area contributed by atoms with Gasteiger partial charge >= 0.3 is 0 Å². The monoisotopic (exact) mass is 344 g/mol. The van der Waals surface area contributed by atoms with Crippen molar-refractivity contribution in [3.8, 4) is 5.82 Å². The van der Waals surface area contributed by atoms with Crippen LogP contribution in [0.1, 0.15) is 30.6 Å². The number of amides is 1. The Bertz CT molecular complexity index is 680. The largest absolute Gasteiger partial charge is 0.373 e. The molecule has 0 spiro atoms. The summed E-state index contributed by atoms with van der Waals surface area (Å²) in [6.45, 7) is 7.70. The summed E-state index contributed by atoms with van der Waals surface area (Å²) in [5, 5.41) is 10.5. The molecule has 1 N–H and O–H groups in total. The first-order valence-corrected chi connectivity index (χ1v) is 8.59. The molecule has 1 amide bonds. The standard InChI is InChI=1S/C17H24N6O2/c1-13-9-22(10-14(2)25-13)7-3-5-19-17(24)15-4-6-18-16(8-15)23-11-20-21-12-23/h4,6,8,11-14H,3,5,7,9-10H2,1-2H3,(H,19,24)/t13-,14+. The molecule has 0 aromatic carbocycles. The van der Waals surface area contributed by atoms with Gasteiger partial charge in [0.1, 0.15) is 18.5 Å². The van der Waals surface area contributed by atoms with Gasteiger partial charge in [-0.2, -0.15) is 0 Å². The van der Waals surface area contributed by atoms with Gasteiger partial charge in [0, 0.05) is 37.9 Å². The van der Waals surface area contributed by atoms with E-state index in [1.807, 2.05) is 0 Å². The summed E-state index contributed by atoms with van der Waals surface area (Å²) in [5.74, 6) is 0.523. The molecule has 25 heavy (non-hydrogen) atoms. The number of aromatic nitrogens is 4. The van der Waals surface area contributed by atoms with Gasteiger partial charge in [-0.15, -0.1) is 10.2 Å². The molecule has 0 saturated carbocycles. The third-order valence-corrected chi connectivity index (χ3v) is 4.12. The summed E-state index contributed by atoms with van der Waals surface area (Å²) in [6.07, 6.45) is 6.16. The van der Waals surface area contributed by atoms with E-state index in [1.165, 1.54) is 0 Å². The Balaban J connectivity index is 1.46. The number of nitrogens with one attached hydrogen (secondary N) is 1. The van der Waals surface area contributed by atoms with Gasteiger partial charge in [-0.25, -0.2) is 4.98 Å². The van der Waals surface area contributed by atoms with Crippen molar-refractivity contribution in [3.63, 3.8) is 0 Å². The van der Waals surface area contributed by atoms with Crippen molar-refractivity contribution in [2.75, 3.05) is 26.2 Å². The van der Waals surface area contributed by atoms with Crippen molar-refractivity contribution in [3.05, 3.63) is 36.5 Å². The molecule has 0 aliphatic carbocycles. The number of carbonyl (C=O) groups is 1. The van der Waals surface area contributed by atoms with Crippen LogP contribution in [-0.4, -0.2) is 68.9 Å². The number of hydrogen-bond acceptors (Lipinski definition) is 6. The summed E-state index contributed by atoms with van der Waals surface area (Å²) in [7, 11) is 0. The van der Waals surface area contributed by atoms with Crippen LogP contribution in [0.15, 0.2) is 31.0 Å². The van der Waals surface area contributed by atoms with Crippen LogP contribution in [0.2, 0.25) is 0 Å². The van der Waals surface area contributed by atoms with E-state index in [2.05, 4.69) is 39.2 Å². The molecule has 8 heteroatoms. The molecular weight excluding hydrogens is 320 g/mol. The van der Waals surface area contributed by atoms with Crippen molar-refractivity contribution in [2.24, 2.45) is 0 Å². The van der Waals surface area contributed by atoms with E-state index in [4.69, 9.17) is 4.74 Å². The zero-order valence-corrected chi connectivity index (χ0v) is 14.6. The number of ether oxygens (including phenoxy) is 1. The van der Waals surface area contributed by atoms with Crippen molar-refractivity contribution < 1.29 is 9.53 Å². The van der Waals surface area contributed by atoms with E-state index < -0.39 is 0 Å². The third kappa shape index (κ3) is 4.83. The third-order valence-electron chi connectivity index (χ3n) is 4.12. The van der Waals surface area contributed by atoms with Crippen LogP contribution < -0.4 is 5.32 Å². The van der Waals surface area contributed by atoms with Crippen LogP contribution in [0.5, 0.6) is 0 Å². The van der Waals surface area contributed by atoms with Gasteiger partial charge in [0.15, 0.2) is 0 Å². The Morgan fingerprint density at radius 1 is 1.28 bits per heavy atom. The lowest BCUT2D eigenvalue weighted by molar-refractivity contribution is -0.0679. The van der Waals surface area contributed by atoms with Gasteiger partial charge in [0.25, 0.3) is 5.91 Å². The molecule has 1 aliphatic heterocycles. The van der Waals surface area contributed by atoms with Gasteiger partial charge in [-0.3, -0.25) is 14.3 Å². The lowest BCUT2D eigenvalue weighted by Crippen LogP contribution is -2.46. The van der Waals surface area contributed by atoms with Crippen LogP contribution in [0, 0.1) is 0 Å². The summed E-state index contributed by atoms with van der Waals surface area (Å²) < 4.78 is 7.40. The van der Waals surface area contributed by atoms with Crippen LogP contribution in [0.4, 0.5) is 0 Å². The highest BCUT2D eigenvalue weighted by atomic mass is 16.5. The average Bonchev–Trinajstić information content (AvgIpc) is 3.12. The number of hydrogen-bond donors (Lipinski definition) is 1. The number of nitrogens with zero attached hydrogens (tertiary/aromatic N) is 5. The van der Waals surface area contributed by atoms with Crippen molar-refractivity contribution in [1.82, 2.24) is 30.0 Å². The Hall–Kier alpha value is -2.32. The first-order chi connectivity index (χ1) is 12.1. The lowest BCUT2D eigenvalue weighted by Gasteiger charge is -2.35. The lowest BCUT2D eigenvalue weighted by atomic mass is 10.2. The summed E-state index contributed by atoms with van der Waals surface area (Å²) >= 11 is 0. The average molecular weight is 344 g/mol. The molecule has 134 valence electrons. The minimum absolute atomic E-state index is 0.0968. The maximum atomic E-state index is 12.3. The first kappa shape index (κ1) is 17.5. The van der Waals surface area contributed by atoms with E-state index in [1.54, 1.807) is 35.6 Å². The van der Waals surface area contributed by atoms with E-state index in [0.717, 1.165) is 26.1 Å². The van der Waals surface area contributed by atoms with E-state index >= 15 is 0 Å². The van der Waals surface area contributed by atoms with Crippen LogP contribution >= 0.6 is 0 Å². The molecule has 2 atom stereocenters. The van der Waals surface area contributed by atoms with Crippen LogP contribution in [0.3, 0.4) is 0 Å². The van der Waals surface area contributed by atoms with E-state index in [0.29, 0.717) is 17.9 Å². The zero-order valence-electron chi connectivity index (χ0n) is 14.6. The first-order valence-electron chi connectivity index (χ1n) is 8.59.